The van der Waals surface area contributed by atoms with E-state index >= 15 is 0 Å². The molecule has 2 rings (SSSR count). The zero-order valence-corrected chi connectivity index (χ0v) is 12.1. The van der Waals surface area contributed by atoms with Crippen LogP contribution in [0, 0.1) is 36.8 Å². The summed E-state index contributed by atoms with van der Waals surface area (Å²) in [6.45, 7) is 5.64. The van der Waals surface area contributed by atoms with Gasteiger partial charge in [-0.25, -0.2) is 8.78 Å². The fourth-order valence-electron chi connectivity index (χ4n) is 2.28. The van der Waals surface area contributed by atoms with Crippen molar-refractivity contribution < 1.29 is 13.2 Å². The van der Waals surface area contributed by atoms with Crippen LogP contribution in [-0.4, -0.2) is 0 Å². The third-order valence-electron chi connectivity index (χ3n) is 3.40. The standard InChI is InChI=1S/C16H16F2N2O/c1-9-4-13(11(3)21-9)10(2)20-8-14-15(17)5-12(7-19)6-16(14)18/h4-6,10,20H,8H2,1-3H3. The monoisotopic (exact) mass is 290 g/mol. The summed E-state index contributed by atoms with van der Waals surface area (Å²) in [7, 11) is 0. The van der Waals surface area contributed by atoms with Crippen LogP contribution in [0.3, 0.4) is 0 Å². The molecule has 0 aliphatic carbocycles. The number of nitriles is 1. The first-order valence-corrected chi connectivity index (χ1v) is 6.60. The van der Waals surface area contributed by atoms with Crippen molar-refractivity contribution in [1.29, 1.82) is 5.26 Å². The molecule has 0 saturated heterocycles. The highest BCUT2D eigenvalue weighted by Crippen LogP contribution is 2.22. The lowest BCUT2D eigenvalue weighted by Crippen LogP contribution is -2.20. The van der Waals surface area contributed by atoms with Gasteiger partial charge in [-0.15, -0.1) is 0 Å². The molecule has 2 aromatic rings. The van der Waals surface area contributed by atoms with Gasteiger partial charge in [-0.3, -0.25) is 0 Å². The Morgan fingerprint density at radius 3 is 2.33 bits per heavy atom. The summed E-state index contributed by atoms with van der Waals surface area (Å²) in [5.74, 6) is 0.151. The molecule has 5 heteroatoms. The van der Waals surface area contributed by atoms with E-state index in [0.717, 1.165) is 29.2 Å². The second-order valence-electron chi connectivity index (χ2n) is 5.00. The molecule has 0 aliphatic heterocycles. The molecule has 1 atom stereocenters. The van der Waals surface area contributed by atoms with Gasteiger partial charge in [-0.1, -0.05) is 0 Å². The molecule has 21 heavy (non-hydrogen) atoms. The topological polar surface area (TPSA) is 49.0 Å². The van der Waals surface area contributed by atoms with Gasteiger partial charge in [0.2, 0.25) is 0 Å². The van der Waals surface area contributed by atoms with E-state index in [1.807, 2.05) is 26.8 Å². The van der Waals surface area contributed by atoms with Crippen molar-refractivity contribution in [3.05, 3.63) is 58.0 Å². The van der Waals surface area contributed by atoms with E-state index in [1.54, 1.807) is 6.07 Å². The molecule has 1 N–H and O–H groups in total. The predicted molar refractivity (Wildman–Crippen MR) is 74.5 cm³/mol. The lowest BCUT2D eigenvalue weighted by atomic mass is 10.1. The van der Waals surface area contributed by atoms with E-state index in [0.29, 0.717) is 0 Å². The SMILES string of the molecule is Cc1cc(C(C)NCc2c(F)cc(C#N)cc2F)c(C)o1. The van der Waals surface area contributed by atoms with Gasteiger partial charge >= 0.3 is 0 Å². The van der Waals surface area contributed by atoms with E-state index in [1.165, 1.54) is 0 Å². The molecule has 1 heterocycles. The molecule has 1 unspecified atom stereocenters. The number of hydrogen-bond acceptors (Lipinski definition) is 3. The maximum Gasteiger partial charge on any atom is 0.131 e. The molecule has 1 aromatic heterocycles. The highest BCUT2D eigenvalue weighted by Gasteiger charge is 2.15. The highest BCUT2D eigenvalue weighted by molar-refractivity contribution is 5.34. The van der Waals surface area contributed by atoms with Crippen LogP contribution in [-0.2, 0) is 6.54 Å². The van der Waals surface area contributed by atoms with E-state index in [9.17, 15) is 8.78 Å². The summed E-state index contributed by atoms with van der Waals surface area (Å²) >= 11 is 0. The molecule has 0 bridgehead atoms. The maximum absolute atomic E-state index is 13.8. The van der Waals surface area contributed by atoms with Gasteiger partial charge in [0.15, 0.2) is 0 Å². The first kappa shape index (κ1) is 15.2. The number of hydrogen-bond donors (Lipinski definition) is 1. The van der Waals surface area contributed by atoms with Gasteiger partial charge in [0.05, 0.1) is 11.6 Å². The van der Waals surface area contributed by atoms with Crippen LogP contribution in [0.4, 0.5) is 8.78 Å². The Balaban J connectivity index is 2.13. The summed E-state index contributed by atoms with van der Waals surface area (Å²) < 4.78 is 33.0. The van der Waals surface area contributed by atoms with Crippen LogP contribution in [0.5, 0.6) is 0 Å². The van der Waals surface area contributed by atoms with Crippen LogP contribution in [0.15, 0.2) is 22.6 Å². The molecule has 3 nitrogen and oxygen atoms in total. The van der Waals surface area contributed by atoms with Gasteiger partial charge in [-0.05, 0) is 39.0 Å². The number of benzene rings is 1. The molecule has 0 aliphatic rings. The Morgan fingerprint density at radius 1 is 1.24 bits per heavy atom. The number of aryl methyl sites for hydroxylation is 2. The molecule has 0 fully saturated rings. The normalized spacial score (nSPS) is 12.2. The molecule has 0 spiro atoms. The van der Waals surface area contributed by atoms with Gasteiger partial charge in [0.1, 0.15) is 23.2 Å². The van der Waals surface area contributed by atoms with Crippen molar-refractivity contribution in [1.82, 2.24) is 5.32 Å². The van der Waals surface area contributed by atoms with Crippen LogP contribution in [0.1, 0.15) is 41.2 Å². The predicted octanol–water partition coefficient (Wildman–Crippen LogP) is 3.90. The third kappa shape index (κ3) is 3.29. The summed E-state index contributed by atoms with van der Waals surface area (Å²) in [6, 6.07) is 5.60. The van der Waals surface area contributed by atoms with E-state index in [4.69, 9.17) is 9.68 Å². The average Bonchev–Trinajstić information content (AvgIpc) is 2.76. The minimum absolute atomic E-state index is 0.0249. The first-order valence-electron chi connectivity index (χ1n) is 6.60. The second-order valence-corrected chi connectivity index (χ2v) is 5.00. The van der Waals surface area contributed by atoms with E-state index in [2.05, 4.69) is 5.32 Å². The van der Waals surface area contributed by atoms with Crippen LogP contribution in [0.25, 0.3) is 0 Å². The zero-order chi connectivity index (χ0) is 15.6. The van der Waals surface area contributed by atoms with Gasteiger partial charge < -0.3 is 9.73 Å². The lowest BCUT2D eigenvalue weighted by molar-refractivity contribution is 0.482. The Morgan fingerprint density at radius 2 is 1.86 bits per heavy atom. The van der Waals surface area contributed by atoms with Crippen LogP contribution >= 0.6 is 0 Å². The van der Waals surface area contributed by atoms with Crippen molar-refractivity contribution in [2.45, 2.75) is 33.4 Å². The minimum Gasteiger partial charge on any atom is -0.466 e. The Hall–Kier alpha value is -2.19. The fourth-order valence-corrected chi connectivity index (χ4v) is 2.28. The molecular formula is C16H16F2N2O. The Bertz CT molecular complexity index is 678. The van der Waals surface area contributed by atoms with Crippen molar-refractivity contribution in [2.75, 3.05) is 0 Å². The summed E-state index contributed by atoms with van der Waals surface area (Å²) in [4.78, 5) is 0. The number of halogens is 2. The lowest BCUT2D eigenvalue weighted by Gasteiger charge is -2.14. The second kappa shape index (κ2) is 6.06. The Labute approximate surface area is 122 Å². The zero-order valence-electron chi connectivity index (χ0n) is 12.1. The van der Waals surface area contributed by atoms with Gasteiger partial charge in [0, 0.05) is 23.7 Å². The molecule has 0 saturated carbocycles. The number of nitrogens with one attached hydrogen (secondary N) is 1. The largest absolute Gasteiger partial charge is 0.466 e. The van der Waals surface area contributed by atoms with Crippen molar-refractivity contribution in [3.8, 4) is 6.07 Å². The molecule has 0 amide bonds. The fraction of sp³-hybridized carbons (Fsp3) is 0.312. The van der Waals surface area contributed by atoms with Crippen molar-refractivity contribution in [2.24, 2.45) is 0 Å². The van der Waals surface area contributed by atoms with E-state index in [-0.39, 0.29) is 23.7 Å². The highest BCUT2D eigenvalue weighted by atomic mass is 19.1. The maximum atomic E-state index is 13.8. The number of furan rings is 1. The summed E-state index contributed by atoms with van der Waals surface area (Å²) in [5, 5.41) is 11.7. The van der Waals surface area contributed by atoms with Crippen molar-refractivity contribution in [3.63, 3.8) is 0 Å². The molecule has 0 radical (unpaired) electrons. The molecular weight excluding hydrogens is 274 g/mol. The van der Waals surface area contributed by atoms with Crippen LogP contribution < -0.4 is 5.32 Å². The van der Waals surface area contributed by atoms with Crippen molar-refractivity contribution >= 4 is 0 Å². The summed E-state index contributed by atoms with van der Waals surface area (Å²) in [5.41, 5.74) is 0.865. The van der Waals surface area contributed by atoms with E-state index < -0.39 is 11.6 Å². The smallest absolute Gasteiger partial charge is 0.131 e. The van der Waals surface area contributed by atoms with Gasteiger partial charge in [0.25, 0.3) is 0 Å². The van der Waals surface area contributed by atoms with Crippen LogP contribution in [0.2, 0.25) is 0 Å². The third-order valence-corrected chi connectivity index (χ3v) is 3.40. The quantitative estimate of drug-likeness (QED) is 0.929. The molecule has 1 aromatic carbocycles. The Kier molecular flexibility index (Phi) is 4.39. The average molecular weight is 290 g/mol. The van der Waals surface area contributed by atoms with Gasteiger partial charge in [-0.2, -0.15) is 5.26 Å². The number of rotatable bonds is 4. The molecule has 110 valence electrons. The number of nitrogens with zero attached hydrogens (tertiary/aromatic N) is 1. The minimum atomic E-state index is -0.716. The summed E-state index contributed by atoms with van der Waals surface area (Å²) in [6.07, 6.45) is 0. The first-order chi connectivity index (χ1) is 9.92.